The highest BCUT2D eigenvalue weighted by atomic mass is 16.5. The molecule has 0 atom stereocenters. The summed E-state index contributed by atoms with van der Waals surface area (Å²) in [6.45, 7) is 2.47. The minimum Gasteiger partial charge on any atom is -0.397 e. The molecule has 0 unspecified atom stereocenters. The molecule has 1 aliphatic rings. The number of rotatable bonds is 4. The summed E-state index contributed by atoms with van der Waals surface area (Å²) in [6.07, 6.45) is 3.65. The molecule has 0 amide bonds. The molecule has 2 aromatic carbocycles. The van der Waals surface area contributed by atoms with Crippen LogP contribution in [-0.4, -0.2) is 21.8 Å². The highest BCUT2D eigenvalue weighted by Gasteiger charge is 2.28. The van der Waals surface area contributed by atoms with Crippen molar-refractivity contribution in [2.24, 2.45) is 0 Å². The van der Waals surface area contributed by atoms with Crippen LogP contribution in [0.4, 0.5) is 5.69 Å². The summed E-state index contributed by atoms with van der Waals surface area (Å²) in [7, 11) is 0. The van der Waals surface area contributed by atoms with Crippen LogP contribution in [0.2, 0.25) is 0 Å². The van der Waals surface area contributed by atoms with Crippen LogP contribution in [0.15, 0.2) is 48.5 Å². The van der Waals surface area contributed by atoms with Gasteiger partial charge >= 0.3 is 0 Å². The molecule has 1 heterocycles. The Balaban J connectivity index is 1.50. The fourth-order valence-corrected chi connectivity index (χ4v) is 3.79. The minimum atomic E-state index is -0.526. The third-order valence-corrected chi connectivity index (χ3v) is 5.40. The second-order valence-electron chi connectivity index (χ2n) is 7.71. The number of fused-ring (bicyclic) bond motifs is 1. The molecule has 136 valence electrons. The van der Waals surface area contributed by atoms with E-state index in [1.807, 2.05) is 31.2 Å². The van der Waals surface area contributed by atoms with Crippen LogP contribution >= 0.6 is 0 Å². The molecule has 4 rings (SSSR count). The Hall–Kier alpha value is -2.30. The number of nitrogen functional groups attached to an aromatic ring is 1. The zero-order valence-corrected chi connectivity index (χ0v) is 15.2. The number of aromatic nitrogens is 1. The monoisotopic (exact) mass is 350 g/mol. The number of hydrogen-bond donors (Lipinski definition) is 3. The molecule has 3 aromatic rings. The fourth-order valence-electron chi connectivity index (χ4n) is 3.79. The summed E-state index contributed by atoms with van der Waals surface area (Å²) in [5.41, 5.74) is 10.8. The van der Waals surface area contributed by atoms with Gasteiger partial charge < -0.3 is 20.6 Å². The number of hydrogen-bond acceptors (Lipinski definition) is 3. The van der Waals surface area contributed by atoms with Crippen LogP contribution < -0.4 is 5.73 Å². The number of ether oxygens (including phenoxy) is 1. The summed E-state index contributed by atoms with van der Waals surface area (Å²) >= 11 is 0. The lowest BCUT2D eigenvalue weighted by Crippen LogP contribution is -2.33. The molecule has 1 saturated carbocycles. The van der Waals surface area contributed by atoms with Gasteiger partial charge in [0.2, 0.25) is 0 Å². The van der Waals surface area contributed by atoms with Gasteiger partial charge in [-0.2, -0.15) is 0 Å². The van der Waals surface area contributed by atoms with Crippen LogP contribution in [0.1, 0.15) is 38.2 Å². The van der Waals surface area contributed by atoms with E-state index in [2.05, 4.69) is 29.2 Å². The lowest BCUT2D eigenvalue weighted by Gasteiger charge is -2.32. The number of benzene rings is 2. The van der Waals surface area contributed by atoms with E-state index in [0.29, 0.717) is 6.61 Å². The summed E-state index contributed by atoms with van der Waals surface area (Å²) in [5, 5.41) is 11.2. The van der Waals surface area contributed by atoms with Crippen LogP contribution in [0, 0.1) is 0 Å². The van der Waals surface area contributed by atoms with Crippen LogP contribution in [-0.2, 0) is 11.3 Å². The first-order valence-corrected chi connectivity index (χ1v) is 9.31. The van der Waals surface area contributed by atoms with Crippen molar-refractivity contribution in [2.75, 3.05) is 5.73 Å². The van der Waals surface area contributed by atoms with Gasteiger partial charge in [-0.15, -0.1) is 0 Å². The van der Waals surface area contributed by atoms with Crippen molar-refractivity contribution in [3.63, 3.8) is 0 Å². The maximum absolute atomic E-state index is 10.1. The standard InChI is InChI=1S/C22H26N2O2/c1-22(25)9-7-18(8-10-22)26-14-15-11-17-13-20(16-5-3-2-4-6-16)24-21(17)19(23)12-15/h2-6,11-13,18,24-25H,7-10,14,23H2,1H3. The Bertz CT molecular complexity index is 889. The van der Waals surface area contributed by atoms with Crippen LogP contribution in [0.5, 0.6) is 0 Å². The number of aliphatic hydroxyl groups is 1. The van der Waals surface area contributed by atoms with Crippen LogP contribution in [0.3, 0.4) is 0 Å². The van der Waals surface area contributed by atoms with Gasteiger partial charge in [0.1, 0.15) is 0 Å². The quantitative estimate of drug-likeness (QED) is 0.601. The Kier molecular flexibility index (Phi) is 4.47. The van der Waals surface area contributed by atoms with Gasteiger partial charge in [-0.25, -0.2) is 0 Å². The summed E-state index contributed by atoms with van der Waals surface area (Å²) < 4.78 is 6.08. The maximum atomic E-state index is 10.1. The normalized spacial score (nSPS) is 23.4. The van der Waals surface area contributed by atoms with Crippen molar-refractivity contribution < 1.29 is 9.84 Å². The molecule has 1 aliphatic carbocycles. The second-order valence-corrected chi connectivity index (χ2v) is 7.71. The van der Waals surface area contributed by atoms with Crippen molar-refractivity contribution in [3.05, 3.63) is 54.1 Å². The van der Waals surface area contributed by atoms with E-state index in [1.54, 1.807) is 0 Å². The van der Waals surface area contributed by atoms with Gasteiger partial charge in [0, 0.05) is 11.1 Å². The molecule has 26 heavy (non-hydrogen) atoms. The molecule has 0 saturated heterocycles. The predicted molar refractivity (Wildman–Crippen MR) is 106 cm³/mol. The largest absolute Gasteiger partial charge is 0.397 e. The van der Waals surface area contributed by atoms with E-state index in [1.165, 1.54) is 0 Å². The van der Waals surface area contributed by atoms with E-state index in [0.717, 1.165) is 59.1 Å². The van der Waals surface area contributed by atoms with Crippen molar-refractivity contribution in [2.45, 2.75) is 50.9 Å². The molecular formula is C22H26N2O2. The fraction of sp³-hybridized carbons (Fsp3) is 0.364. The molecular weight excluding hydrogens is 324 g/mol. The van der Waals surface area contributed by atoms with Gasteiger partial charge in [0.25, 0.3) is 0 Å². The van der Waals surface area contributed by atoms with E-state index in [4.69, 9.17) is 10.5 Å². The van der Waals surface area contributed by atoms with Crippen LogP contribution in [0.25, 0.3) is 22.2 Å². The Morgan fingerprint density at radius 2 is 1.88 bits per heavy atom. The zero-order chi connectivity index (χ0) is 18.1. The number of aromatic amines is 1. The topological polar surface area (TPSA) is 71.3 Å². The van der Waals surface area contributed by atoms with Crippen molar-refractivity contribution >= 4 is 16.6 Å². The highest BCUT2D eigenvalue weighted by molar-refractivity contribution is 5.94. The second kappa shape index (κ2) is 6.78. The third-order valence-electron chi connectivity index (χ3n) is 5.40. The SMILES string of the molecule is CC1(O)CCC(OCc2cc(N)c3[nH]c(-c4ccccc4)cc3c2)CC1. The maximum Gasteiger partial charge on any atom is 0.0721 e. The van der Waals surface area contributed by atoms with Gasteiger partial charge in [-0.1, -0.05) is 30.3 Å². The van der Waals surface area contributed by atoms with Crippen molar-refractivity contribution in [1.29, 1.82) is 0 Å². The van der Waals surface area contributed by atoms with Gasteiger partial charge in [-0.3, -0.25) is 0 Å². The van der Waals surface area contributed by atoms with Crippen molar-refractivity contribution in [1.82, 2.24) is 4.98 Å². The van der Waals surface area contributed by atoms with E-state index in [9.17, 15) is 5.11 Å². The Morgan fingerprint density at radius 1 is 1.15 bits per heavy atom. The average Bonchev–Trinajstić information content (AvgIpc) is 3.06. The molecule has 1 fully saturated rings. The molecule has 4 N–H and O–H groups in total. The average molecular weight is 350 g/mol. The summed E-state index contributed by atoms with van der Waals surface area (Å²) in [4.78, 5) is 3.43. The lowest BCUT2D eigenvalue weighted by atomic mass is 9.85. The van der Waals surface area contributed by atoms with Gasteiger partial charge in [0.05, 0.1) is 29.5 Å². The molecule has 4 heteroatoms. The molecule has 4 nitrogen and oxygen atoms in total. The summed E-state index contributed by atoms with van der Waals surface area (Å²) in [5.74, 6) is 0. The van der Waals surface area contributed by atoms with Gasteiger partial charge in [0.15, 0.2) is 0 Å². The zero-order valence-electron chi connectivity index (χ0n) is 15.2. The Labute approximate surface area is 154 Å². The molecule has 0 spiro atoms. The number of nitrogens with two attached hydrogens (primary N) is 1. The number of anilines is 1. The number of H-pyrrole nitrogens is 1. The summed E-state index contributed by atoms with van der Waals surface area (Å²) in [6, 6.07) is 16.5. The molecule has 1 aromatic heterocycles. The predicted octanol–water partition coefficient (Wildman–Crippen LogP) is 4.63. The first kappa shape index (κ1) is 17.1. The minimum absolute atomic E-state index is 0.221. The molecule has 0 bridgehead atoms. The van der Waals surface area contributed by atoms with Crippen molar-refractivity contribution in [3.8, 4) is 11.3 Å². The smallest absolute Gasteiger partial charge is 0.0721 e. The molecule has 0 aliphatic heterocycles. The molecule has 0 radical (unpaired) electrons. The van der Waals surface area contributed by atoms with E-state index in [-0.39, 0.29) is 6.10 Å². The van der Waals surface area contributed by atoms with E-state index >= 15 is 0 Å². The third kappa shape index (κ3) is 3.62. The first-order chi connectivity index (χ1) is 12.5. The van der Waals surface area contributed by atoms with Gasteiger partial charge in [-0.05, 0) is 61.9 Å². The first-order valence-electron chi connectivity index (χ1n) is 9.31. The highest BCUT2D eigenvalue weighted by Crippen LogP contribution is 2.31. The number of nitrogens with one attached hydrogen (secondary N) is 1. The lowest BCUT2D eigenvalue weighted by molar-refractivity contribution is -0.0509. The Morgan fingerprint density at radius 3 is 2.62 bits per heavy atom. The van der Waals surface area contributed by atoms with E-state index < -0.39 is 5.60 Å².